The monoisotopic (exact) mass is 1260 g/mol. The number of nitrogens with zero attached hydrogens (tertiary/aromatic N) is 2. The minimum atomic E-state index is 0.0105. The van der Waals surface area contributed by atoms with Crippen LogP contribution < -0.4 is 0 Å². The van der Waals surface area contributed by atoms with E-state index in [1.807, 2.05) is 0 Å². The van der Waals surface area contributed by atoms with E-state index in [0.29, 0.717) is 0 Å². The number of benzene rings is 10. The number of hydrogen-bond acceptors (Lipinski definition) is 0. The van der Waals surface area contributed by atoms with Gasteiger partial charge in [0, 0.05) is 43.7 Å². The molecule has 0 fully saturated rings. The SMILES string of the molecule is CCCCCCCCC1(CCCCCCCC)c2ccccc2-c2cc3c(cc21)c1ccc(-c2ccccc2)cc1n3-c1ccc(-c2ccc(-n3c4cc(-c5ccccc5)ccc4c4cc5c(cc43)-c3ccccc3C5(CCCCCCCC)CCCCCCCC)cc2)cc1. The molecular formula is C94H104N2. The molecule has 0 saturated carbocycles. The van der Waals surface area contributed by atoms with Crippen LogP contribution in [0, 0.1) is 0 Å². The van der Waals surface area contributed by atoms with Crippen LogP contribution >= 0.6 is 0 Å². The molecule has 0 unspecified atom stereocenters. The Morgan fingerprint density at radius 1 is 0.219 bits per heavy atom. The van der Waals surface area contributed by atoms with Crippen LogP contribution in [0.3, 0.4) is 0 Å². The molecule has 2 aliphatic carbocycles. The molecule has 0 N–H and O–H groups in total. The van der Waals surface area contributed by atoms with E-state index in [1.165, 1.54) is 290 Å². The molecule has 0 radical (unpaired) electrons. The lowest BCUT2D eigenvalue weighted by atomic mass is 9.70. The Morgan fingerprint density at radius 3 is 0.865 bits per heavy atom. The molecule has 0 spiro atoms. The summed E-state index contributed by atoms with van der Waals surface area (Å²) in [5.41, 5.74) is 26.9. The third-order valence-electron chi connectivity index (χ3n) is 22.9. The van der Waals surface area contributed by atoms with Crippen molar-refractivity contribution >= 4 is 43.6 Å². The first-order valence-corrected chi connectivity index (χ1v) is 38.2. The van der Waals surface area contributed by atoms with Gasteiger partial charge in [0.25, 0.3) is 0 Å². The van der Waals surface area contributed by atoms with Gasteiger partial charge in [-0.1, -0.05) is 340 Å². The lowest BCUT2D eigenvalue weighted by molar-refractivity contribution is 0.398. The number of unbranched alkanes of at least 4 members (excludes halogenated alkanes) is 20. The van der Waals surface area contributed by atoms with Crippen LogP contribution in [-0.2, 0) is 10.8 Å². The van der Waals surface area contributed by atoms with Crippen molar-refractivity contribution in [3.05, 3.63) is 241 Å². The second kappa shape index (κ2) is 30.1. The van der Waals surface area contributed by atoms with Crippen LogP contribution in [0.25, 0.3) is 111 Å². The lowest BCUT2D eigenvalue weighted by Gasteiger charge is -2.33. The molecule has 2 nitrogen and oxygen atoms in total. The topological polar surface area (TPSA) is 9.86 Å². The van der Waals surface area contributed by atoms with Gasteiger partial charge in [-0.15, -0.1) is 0 Å². The Morgan fingerprint density at radius 2 is 0.510 bits per heavy atom. The van der Waals surface area contributed by atoms with Crippen molar-refractivity contribution in [3.63, 3.8) is 0 Å². The molecule has 14 rings (SSSR count). The zero-order valence-electron chi connectivity index (χ0n) is 58.5. The van der Waals surface area contributed by atoms with Crippen LogP contribution in [0.4, 0.5) is 0 Å². The maximum Gasteiger partial charge on any atom is 0.0547 e. The number of fused-ring (bicyclic) bond motifs is 12. The van der Waals surface area contributed by atoms with Crippen molar-refractivity contribution in [2.24, 2.45) is 0 Å². The second-order valence-electron chi connectivity index (χ2n) is 29.1. The molecule has 10 aromatic carbocycles. The summed E-state index contributed by atoms with van der Waals surface area (Å²) < 4.78 is 5.17. The third kappa shape index (κ3) is 12.8. The second-order valence-corrected chi connectivity index (χ2v) is 29.1. The van der Waals surface area contributed by atoms with Crippen LogP contribution in [0.5, 0.6) is 0 Å². The Bertz CT molecular complexity index is 4250. The van der Waals surface area contributed by atoms with E-state index < -0.39 is 0 Å². The van der Waals surface area contributed by atoms with Crippen LogP contribution in [-0.4, -0.2) is 9.13 Å². The normalized spacial score (nSPS) is 13.5. The minimum absolute atomic E-state index is 0.0105. The quantitative estimate of drug-likeness (QED) is 0.0363. The predicted molar refractivity (Wildman–Crippen MR) is 416 cm³/mol. The van der Waals surface area contributed by atoms with E-state index in [9.17, 15) is 0 Å². The van der Waals surface area contributed by atoms with Crippen molar-refractivity contribution in [3.8, 4) is 67.0 Å². The Balaban J connectivity index is 0.851. The van der Waals surface area contributed by atoms with Crippen molar-refractivity contribution < 1.29 is 0 Å². The number of aromatic nitrogens is 2. The lowest BCUT2D eigenvalue weighted by Crippen LogP contribution is -2.25. The highest BCUT2D eigenvalue weighted by atomic mass is 15.0. The van der Waals surface area contributed by atoms with E-state index in [0.717, 1.165) is 0 Å². The minimum Gasteiger partial charge on any atom is -0.309 e. The summed E-state index contributed by atoms with van der Waals surface area (Å²) in [7, 11) is 0. The fourth-order valence-corrected chi connectivity index (χ4v) is 17.9. The molecule has 0 atom stereocenters. The van der Waals surface area contributed by atoms with Gasteiger partial charge in [-0.3, -0.25) is 0 Å². The van der Waals surface area contributed by atoms with Gasteiger partial charge in [0.15, 0.2) is 0 Å². The summed E-state index contributed by atoms with van der Waals surface area (Å²) in [4.78, 5) is 0. The van der Waals surface area contributed by atoms with Gasteiger partial charge >= 0.3 is 0 Å². The van der Waals surface area contributed by atoms with Gasteiger partial charge < -0.3 is 9.13 Å². The molecule has 96 heavy (non-hydrogen) atoms. The number of hydrogen-bond donors (Lipinski definition) is 0. The molecule has 0 amide bonds. The van der Waals surface area contributed by atoms with Crippen LogP contribution in [0.15, 0.2) is 218 Å². The first-order chi connectivity index (χ1) is 47.5. The molecule has 12 aromatic rings. The molecule has 0 saturated heterocycles. The highest BCUT2D eigenvalue weighted by molar-refractivity contribution is 6.14. The molecule has 2 heterocycles. The van der Waals surface area contributed by atoms with Crippen LogP contribution in [0.2, 0.25) is 0 Å². The highest BCUT2D eigenvalue weighted by Crippen LogP contribution is 2.58. The fraction of sp³-hybridized carbons (Fsp3) is 0.362. The molecular weight excluding hydrogens is 1160 g/mol. The van der Waals surface area contributed by atoms with Gasteiger partial charge in [-0.2, -0.15) is 0 Å². The van der Waals surface area contributed by atoms with Gasteiger partial charge in [0.1, 0.15) is 0 Å². The van der Waals surface area contributed by atoms with Gasteiger partial charge in [-0.25, -0.2) is 0 Å². The van der Waals surface area contributed by atoms with E-state index in [1.54, 1.807) is 22.3 Å². The Hall–Kier alpha value is -8.20. The zero-order valence-corrected chi connectivity index (χ0v) is 58.5. The zero-order chi connectivity index (χ0) is 65.3. The standard InChI is InChI=1S/C94H104N2/c1-5-9-13-17-21-35-59-93(60-36-22-18-14-10-6-2)85-45-33-31-43-77(85)81-67-91-83(65-87(81)93)79-57-51-73(69-39-27-25-28-40-69)63-89(79)95(91)75-53-47-71(48-54-75)72-49-55-76(56-50-72)96-90-64-74(70-41-29-26-30-42-70)52-58-80(90)84-66-88-82(68-92(84)96)78-44-32-34-46-86(78)94(88,61-37-23-19-15-11-7-3)62-38-24-20-16-12-8-4/h25-34,39-58,63-68H,5-24,35-38,59-62H2,1-4H3. The third-order valence-corrected chi connectivity index (χ3v) is 22.9. The van der Waals surface area contributed by atoms with Crippen molar-refractivity contribution in [2.75, 3.05) is 0 Å². The number of rotatable bonds is 33. The van der Waals surface area contributed by atoms with Crippen molar-refractivity contribution in [2.45, 2.75) is 218 Å². The highest BCUT2D eigenvalue weighted by Gasteiger charge is 2.44. The molecule has 0 aliphatic heterocycles. The van der Waals surface area contributed by atoms with E-state index in [4.69, 9.17) is 0 Å². The summed E-state index contributed by atoms with van der Waals surface area (Å²) in [6.07, 6.45) is 36.5. The molecule has 490 valence electrons. The first-order valence-electron chi connectivity index (χ1n) is 38.2. The van der Waals surface area contributed by atoms with Gasteiger partial charge in [0.2, 0.25) is 0 Å². The van der Waals surface area contributed by atoms with E-state index >= 15 is 0 Å². The maximum atomic E-state index is 2.68. The van der Waals surface area contributed by atoms with Gasteiger partial charge in [0.05, 0.1) is 22.1 Å². The van der Waals surface area contributed by atoms with Crippen molar-refractivity contribution in [1.29, 1.82) is 0 Å². The van der Waals surface area contributed by atoms with Gasteiger partial charge in [-0.05, 0) is 164 Å². The Kier molecular flexibility index (Phi) is 20.4. The largest absolute Gasteiger partial charge is 0.309 e. The summed E-state index contributed by atoms with van der Waals surface area (Å²) in [5.74, 6) is 0. The molecule has 2 aliphatic rings. The average Bonchev–Trinajstić information content (AvgIpc) is 1.55. The van der Waals surface area contributed by atoms with E-state index in [2.05, 4.69) is 255 Å². The Labute approximate surface area is 575 Å². The van der Waals surface area contributed by atoms with Crippen LogP contribution in [0.1, 0.15) is 230 Å². The summed E-state index contributed by atoms with van der Waals surface area (Å²) in [6, 6.07) is 85.2. The summed E-state index contributed by atoms with van der Waals surface area (Å²) >= 11 is 0. The summed E-state index contributed by atoms with van der Waals surface area (Å²) in [6.45, 7) is 9.34. The predicted octanol–water partition coefficient (Wildman–Crippen LogP) is 28.4. The van der Waals surface area contributed by atoms with E-state index in [-0.39, 0.29) is 10.8 Å². The smallest absolute Gasteiger partial charge is 0.0547 e. The first kappa shape index (κ1) is 65.1. The molecule has 2 aromatic heterocycles. The maximum absolute atomic E-state index is 2.68. The van der Waals surface area contributed by atoms with Crippen molar-refractivity contribution in [1.82, 2.24) is 9.13 Å². The molecule has 2 heteroatoms. The summed E-state index contributed by atoms with van der Waals surface area (Å²) in [5, 5.41) is 5.38. The molecule has 0 bridgehead atoms. The average molecular weight is 1260 g/mol. The fourth-order valence-electron chi connectivity index (χ4n) is 17.9.